The predicted molar refractivity (Wildman–Crippen MR) is 54.8 cm³/mol. The molecule has 0 aliphatic rings. The number of nitrogens with one attached hydrogen (secondary N) is 1. The molecule has 1 rings (SSSR count). The van der Waals surface area contributed by atoms with Gasteiger partial charge in [0.1, 0.15) is 0 Å². The number of H-pyrrole nitrogens is 1. The molecule has 72 valence electrons. The van der Waals surface area contributed by atoms with Gasteiger partial charge in [0, 0.05) is 41.6 Å². The smallest absolute Gasteiger partial charge is 0.251 e. The van der Waals surface area contributed by atoms with E-state index >= 15 is 0 Å². The molecule has 0 saturated carbocycles. The van der Waals surface area contributed by atoms with E-state index < -0.39 is 10.8 Å². The molecule has 0 fully saturated rings. The Labute approximate surface area is 83.1 Å². The Morgan fingerprint density at radius 2 is 2.38 bits per heavy atom. The number of rotatable bonds is 3. The van der Waals surface area contributed by atoms with Gasteiger partial charge in [-0.2, -0.15) is 0 Å². The Bertz CT molecular complexity index is 421. The molecule has 1 aromatic rings. The van der Waals surface area contributed by atoms with Crippen LogP contribution in [-0.2, 0) is 17.3 Å². The number of aryl methyl sites for hydroxylation is 1. The minimum absolute atomic E-state index is 0.209. The van der Waals surface area contributed by atoms with E-state index in [2.05, 4.69) is 4.98 Å². The van der Waals surface area contributed by atoms with Crippen LogP contribution < -0.4 is 5.56 Å². The summed E-state index contributed by atoms with van der Waals surface area (Å²) >= 11 is 4.90. The van der Waals surface area contributed by atoms with Crippen LogP contribution in [0.5, 0.6) is 0 Å². The predicted octanol–water partition coefficient (Wildman–Crippen LogP) is 0.284. The Morgan fingerprint density at radius 1 is 1.69 bits per heavy atom. The average Bonchev–Trinajstić information content (AvgIpc) is 2.02. The van der Waals surface area contributed by atoms with Crippen LogP contribution in [0, 0.1) is 4.77 Å². The quantitative estimate of drug-likeness (QED) is 0.742. The Kier molecular flexibility index (Phi) is 3.56. The molecule has 0 aromatic carbocycles. The first kappa shape index (κ1) is 10.3. The van der Waals surface area contributed by atoms with Gasteiger partial charge in [-0.15, -0.1) is 0 Å². The van der Waals surface area contributed by atoms with Crippen LogP contribution in [0.4, 0.5) is 0 Å². The van der Waals surface area contributed by atoms with Crippen LogP contribution in [0.2, 0.25) is 0 Å². The van der Waals surface area contributed by atoms with E-state index in [1.807, 2.05) is 0 Å². The number of hydrogen-bond donors (Lipinski definition) is 1. The van der Waals surface area contributed by atoms with Crippen molar-refractivity contribution in [2.75, 3.05) is 12.0 Å². The van der Waals surface area contributed by atoms with Crippen LogP contribution in [0.15, 0.2) is 17.1 Å². The highest BCUT2D eigenvalue weighted by Gasteiger charge is 1.94. The highest BCUT2D eigenvalue weighted by molar-refractivity contribution is 7.84. The van der Waals surface area contributed by atoms with Crippen LogP contribution >= 0.6 is 12.2 Å². The van der Waals surface area contributed by atoms with E-state index in [0.717, 1.165) is 0 Å². The maximum atomic E-state index is 10.8. The highest BCUT2D eigenvalue weighted by atomic mass is 32.2. The molecule has 0 spiro atoms. The summed E-state index contributed by atoms with van der Waals surface area (Å²) in [5.41, 5.74) is -0.209. The van der Waals surface area contributed by atoms with E-state index in [4.69, 9.17) is 12.2 Å². The molecule has 13 heavy (non-hydrogen) atoms. The van der Waals surface area contributed by atoms with E-state index in [-0.39, 0.29) is 5.56 Å². The van der Waals surface area contributed by atoms with Crippen molar-refractivity contribution in [1.82, 2.24) is 9.55 Å². The third kappa shape index (κ3) is 3.23. The Hall–Kier alpha value is -0.750. The largest absolute Gasteiger partial charge is 0.324 e. The summed E-state index contributed by atoms with van der Waals surface area (Å²) in [7, 11) is -0.839. The lowest BCUT2D eigenvalue weighted by molar-refractivity contribution is 0.671. The van der Waals surface area contributed by atoms with Crippen molar-refractivity contribution in [3.63, 3.8) is 0 Å². The van der Waals surface area contributed by atoms with Crippen molar-refractivity contribution in [2.24, 2.45) is 0 Å². The minimum Gasteiger partial charge on any atom is -0.324 e. The average molecular weight is 218 g/mol. The van der Waals surface area contributed by atoms with Gasteiger partial charge >= 0.3 is 0 Å². The zero-order valence-electron chi connectivity index (χ0n) is 7.15. The SMILES string of the molecule is CS(=O)CCn1ccc(=O)[nH]c1=S. The summed E-state index contributed by atoms with van der Waals surface area (Å²) in [6.07, 6.45) is 3.24. The van der Waals surface area contributed by atoms with Gasteiger partial charge in [-0.3, -0.25) is 14.0 Å². The Balaban J connectivity index is 2.84. The zero-order chi connectivity index (χ0) is 9.84. The van der Waals surface area contributed by atoms with Crippen molar-refractivity contribution >= 4 is 23.0 Å². The lowest BCUT2D eigenvalue weighted by atomic mass is 10.6. The summed E-state index contributed by atoms with van der Waals surface area (Å²) < 4.78 is 12.9. The van der Waals surface area contributed by atoms with Crippen LogP contribution in [0.3, 0.4) is 0 Å². The molecule has 4 nitrogen and oxygen atoms in total. The first-order valence-corrected chi connectivity index (χ1v) is 5.83. The van der Waals surface area contributed by atoms with Gasteiger partial charge in [0.15, 0.2) is 4.77 Å². The summed E-state index contributed by atoms with van der Waals surface area (Å²) in [4.78, 5) is 13.3. The molecule has 1 unspecified atom stereocenters. The zero-order valence-corrected chi connectivity index (χ0v) is 8.78. The van der Waals surface area contributed by atoms with Crippen molar-refractivity contribution in [2.45, 2.75) is 6.54 Å². The highest BCUT2D eigenvalue weighted by Crippen LogP contribution is 1.88. The number of hydrogen-bond acceptors (Lipinski definition) is 3. The normalized spacial score (nSPS) is 12.7. The first-order chi connectivity index (χ1) is 6.09. The second-order valence-corrected chi connectivity index (χ2v) is 4.52. The molecule has 6 heteroatoms. The summed E-state index contributed by atoms with van der Waals surface area (Å²) in [6, 6.07) is 1.40. The monoisotopic (exact) mass is 218 g/mol. The molecule has 0 amide bonds. The maximum absolute atomic E-state index is 10.8. The number of aromatic nitrogens is 2. The molecule has 0 aliphatic carbocycles. The molecule has 1 atom stereocenters. The molecule has 0 radical (unpaired) electrons. The summed E-state index contributed by atoms with van der Waals surface area (Å²) in [5, 5.41) is 0. The van der Waals surface area contributed by atoms with E-state index in [9.17, 15) is 9.00 Å². The molecule has 0 aliphatic heterocycles. The molecule has 1 N–H and O–H groups in total. The fraction of sp³-hybridized carbons (Fsp3) is 0.429. The molecule has 0 saturated heterocycles. The summed E-state index contributed by atoms with van der Waals surface area (Å²) in [5.74, 6) is 0.542. The van der Waals surface area contributed by atoms with Crippen molar-refractivity contribution in [1.29, 1.82) is 0 Å². The molecule has 1 heterocycles. The second kappa shape index (κ2) is 4.48. The topological polar surface area (TPSA) is 54.9 Å². The van der Waals surface area contributed by atoms with Gasteiger partial charge < -0.3 is 4.57 Å². The van der Waals surface area contributed by atoms with Crippen LogP contribution in [0.1, 0.15) is 0 Å². The number of nitrogens with zero attached hydrogens (tertiary/aromatic N) is 1. The first-order valence-electron chi connectivity index (χ1n) is 3.69. The standard InChI is InChI=1S/C7H10N2O2S2/c1-13(11)5-4-9-3-2-6(10)8-7(9)12/h2-3H,4-5H2,1H3,(H,8,10,12). The van der Waals surface area contributed by atoms with Crippen molar-refractivity contribution < 1.29 is 4.21 Å². The third-order valence-electron chi connectivity index (χ3n) is 1.52. The van der Waals surface area contributed by atoms with Gasteiger partial charge in [-0.25, -0.2) is 0 Å². The van der Waals surface area contributed by atoms with Gasteiger partial charge in [-0.05, 0) is 12.2 Å². The molecular formula is C7H10N2O2S2. The van der Waals surface area contributed by atoms with Gasteiger partial charge in [0.2, 0.25) is 0 Å². The molecular weight excluding hydrogens is 208 g/mol. The van der Waals surface area contributed by atoms with E-state index in [1.54, 1.807) is 17.0 Å². The van der Waals surface area contributed by atoms with E-state index in [0.29, 0.717) is 17.1 Å². The third-order valence-corrected chi connectivity index (χ3v) is 2.61. The van der Waals surface area contributed by atoms with Crippen LogP contribution in [0.25, 0.3) is 0 Å². The second-order valence-electron chi connectivity index (χ2n) is 2.58. The van der Waals surface area contributed by atoms with Gasteiger partial charge in [0.25, 0.3) is 5.56 Å². The fourth-order valence-corrected chi connectivity index (χ4v) is 1.55. The fourth-order valence-electron chi connectivity index (χ4n) is 0.847. The molecule has 1 aromatic heterocycles. The lowest BCUT2D eigenvalue weighted by Crippen LogP contribution is -2.14. The molecule has 0 bridgehead atoms. The van der Waals surface area contributed by atoms with E-state index in [1.165, 1.54) is 6.07 Å². The van der Waals surface area contributed by atoms with Gasteiger partial charge in [0.05, 0.1) is 0 Å². The maximum Gasteiger partial charge on any atom is 0.251 e. The van der Waals surface area contributed by atoms with Gasteiger partial charge in [-0.1, -0.05) is 0 Å². The summed E-state index contributed by atoms with van der Waals surface area (Å²) in [6.45, 7) is 0.568. The lowest BCUT2D eigenvalue weighted by Gasteiger charge is -2.03. The van der Waals surface area contributed by atoms with Crippen molar-refractivity contribution in [3.8, 4) is 0 Å². The van der Waals surface area contributed by atoms with Crippen LogP contribution in [-0.4, -0.2) is 25.8 Å². The minimum atomic E-state index is -0.839. The van der Waals surface area contributed by atoms with Crippen molar-refractivity contribution in [3.05, 3.63) is 27.4 Å². The number of aromatic amines is 1. The Morgan fingerprint density at radius 3 is 2.92 bits per heavy atom.